The molecule has 0 amide bonds. The summed E-state index contributed by atoms with van der Waals surface area (Å²) in [7, 11) is 2.10. The summed E-state index contributed by atoms with van der Waals surface area (Å²) >= 11 is 3.52. The van der Waals surface area contributed by atoms with Gasteiger partial charge < -0.3 is 4.90 Å². The van der Waals surface area contributed by atoms with Crippen LogP contribution >= 0.6 is 15.9 Å². The maximum Gasteiger partial charge on any atom is 0.0992 e. The summed E-state index contributed by atoms with van der Waals surface area (Å²) in [5.74, 6) is 0. The number of hydrogen-bond donors (Lipinski definition) is 0. The predicted octanol–water partition coefficient (Wildman–Crippen LogP) is 3.95. The Balaban J connectivity index is 3.00. The van der Waals surface area contributed by atoms with Crippen LogP contribution in [-0.2, 0) is 0 Å². The van der Waals surface area contributed by atoms with Crippen molar-refractivity contribution in [2.45, 2.75) is 32.7 Å². The molecule has 3 heteroatoms. The molecule has 0 bridgehead atoms. The molecule has 0 atom stereocenters. The van der Waals surface area contributed by atoms with E-state index in [1.54, 1.807) is 0 Å². The highest BCUT2D eigenvalue weighted by molar-refractivity contribution is 9.10. The summed E-state index contributed by atoms with van der Waals surface area (Å²) in [6.45, 7) is 4.39. The first-order chi connectivity index (χ1) is 7.63. The molecule has 0 unspecified atom stereocenters. The van der Waals surface area contributed by atoms with Crippen LogP contribution in [0, 0.1) is 11.3 Å². The molecular formula is C13H17BrN2. The van der Waals surface area contributed by atoms with Gasteiger partial charge in [0.05, 0.1) is 17.3 Å². The van der Waals surface area contributed by atoms with Crippen LogP contribution < -0.4 is 4.90 Å². The maximum absolute atomic E-state index is 8.81. The van der Waals surface area contributed by atoms with Crippen molar-refractivity contribution < 1.29 is 0 Å². The molecule has 0 fully saturated rings. The molecule has 0 heterocycles. The third-order valence-corrected chi connectivity index (χ3v) is 3.58. The minimum absolute atomic E-state index is 0.546. The summed E-state index contributed by atoms with van der Waals surface area (Å²) in [6, 6.07) is 8.42. The van der Waals surface area contributed by atoms with E-state index in [2.05, 4.69) is 47.8 Å². The van der Waals surface area contributed by atoms with Gasteiger partial charge in [0.1, 0.15) is 0 Å². The SMILES string of the molecule is CCC(CC)N(C)c1ccc(C#N)cc1Br. The molecular weight excluding hydrogens is 264 g/mol. The van der Waals surface area contributed by atoms with Crippen molar-refractivity contribution in [3.63, 3.8) is 0 Å². The quantitative estimate of drug-likeness (QED) is 0.835. The van der Waals surface area contributed by atoms with Crippen LogP contribution in [-0.4, -0.2) is 13.1 Å². The lowest BCUT2D eigenvalue weighted by Gasteiger charge is -2.29. The lowest BCUT2D eigenvalue weighted by atomic mass is 10.1. The molecule has 86 valence electrons. The first kappa shape index (κ1) is 13.1. The average molecular weight is 281 g/mol. The average Bonchev–Trinajstić information content (AvgIpc) is 2.30. The first-order valence-corrected chi connectivity index (χ1v) is 6.35. The van der Waals surface area contributed by atoms with Crippen LogP contribution in [0.4, 0.5) is 5.69 Å². The van der Waals surface area contributed by atoms with Crippen LogP contribution in [0.5, 0.6) is 0 Å². The molecule has 1 aromatic carbocycles. The summed E-state index contributed by atoms with van der Waals surface area (Å²) in [5, 5.41) is 8.81. The molecule has 1 aromatic rings. The molecule has 0 saturated heterocycles. The van der Waals surface area contributed by atoms with Gasteiger partial charge in [0.2, 0.25) is 0 Å². The Hall–Kier alpha value is -1.01. The second kappa shape index (κ2) is 5.91. The molecule has 0 aliphatic carbocycles. The van der Waals surface area contributed by atoms with Crippen molar-refractivity contribution in [3.05, 3.63) is 28.2 Å². The number of anilines is 1. The Morgan fingerprint density at radius 3 is 2.44 bits per heavy atom. The van der Waals surface area contributed by atoms with Crippen molar-refractivity contribution in [1.29, 1.82) is 5.26 Å². The highest BCUT2D eigenvalue weighted by atomic mass is 79.9. The molecule has 2 nitrogen and oxygen atoms in total. The monoisotopic (exact) mass is 280 g/mol. The van der Waals surface area contributed by atoms with Crippen molar-refractivity contribution in [1.82, 2.24) is 0 Å². The summed E-state index contributed by atoms with van der Waals surface area (Å²) in [6.07, 6.45) is 2.25. The van der Waals surface area contributed by atoms with Gasteiger partial charge >= 0.3 is 0 Å². The largest absolute Gasteiger partial charge is 0.371 e. The van der Waals surface area contributed by atoms with Crippen LogP contribution in [0.25, 0.3) is 0 Å². The standard InChI is InChI=1S/C13H17BrN2/c1-4-11(5-2)16(3)13-7-6-10(9-15)8-12(13)14/h6-8,11H,4-5H2,1-3H3. The van der Waals surface area contributed by atoms with Gasteiger partial charge in [0, 0.05) is 17.6 Å². The fourth-order valence-corrected chi connectivity index (χ4v) is 2.55. The zero-order valence-corrected chi connectivity index (χ0v) is 11.6. The number of benzene rings is 1. The van der Waals surface area contributed by atoms with Gasteiger partial charge in [-0.05, 0) is 47.0 Å². The summed E-state index contributed by atoms with van der Waals surface area (Å²) < 4.78 is 0.987. The predicted molar refractivity (Wildman–Crippen MR) is 71.6 cm³/mol. The third kappa shape index (κ3) is 2.76. The molecule has 1 rings (SSSR count). The number of nitriles is 1. The highest BCUT2D eigenvalue weighted by Crippen LogP contribution is 2.28. The van der Waals surface area contributed by atoms with E-state index in [9.17, 15) is 0 Å². The Kier molecular flexibility index (Phi) is 4.82. The van der Waals surface area contributed by atoms with Crippen molar-refractivity contribution in [3.8, 4) is 6.07 Å². The topological polar surface area (TPSA) is 27.0 Å². The smallest absolute Gasteiger partial charge is 0.0992 e. The van der Waals surface area contributed by atoms with Crippen molar-refractivity contribution in [2.24, 2.45) is 0 Å². The van der Waals surface area contributed by atoms with Gasteiger partial charge in [0.25, 0.3) is 0 Å². The van der Waals surface area contributed by atoms with Crippen LogP contribution in [0.3, 0.4) is 0 Å². The number of rotatable bonds is 4. The zero-order chi connectivity index (χ0) is 12.1. The van der Waals surface area contributed by atoms with Gasteiger partial charge in [-0.1, -0.05) is 13.8 Å². The molecule has 16 heavy (non-hydrogen) atoms. The Bertz CT molecular complexity index is 391. The minimum atomic E-state index is 0.546. The molecule has 0 aliphatic heterocycles. The minimum Gasteiger partial charge on any atom is -0.371 e. The third-order valence-electron chi connectivity index (χ3n) is 2.95. The van der Waals surface area contributed by atoms with Crippen LogP contribution in [0.2, 0.25) is 0 Å². The Labute approximate surface area is 106 Å². The summed E-state index contributed by atoms with van der Waals surface area (Å²) in [5.41, 5.74) is 1.83. The highest BCUT2D eigenvalue weighted by Gasteiger charge is 2.13. The molecule has 0 radical (unpaired) electrons. The van der Waals surface area contributed by atoms with Crippen molar-refractivity contribution in [2.75, 3.05) is 11.9 Å². The number of nitrogens with zero attached hydrogens (tertiary/aromatic N) is 2. The Morgan fingerprint density at radius 1 is 1.38 bits per heavy atom. The lowest BCUT2D eigenvalue weighted by Crippen LogP contribution is -2.30. The van der Waals surface area contributed by atoms with E-state index in [-0.39, 0.29) is 0 Å². The number of halogens is 1. The van der Waals surface area contributed by atoms with Gasteiger partial charge in [-0.2, -0.15) is 5.26 Å². The fourth-order valence-electron chi connectivity index (χ4n) is 1.90. The fraction of sp³-hybridized carbons (Fsp3) is 0.462. The van der Waals surface area contributed by atoms with E-state index in [0.717, 1.165) is 23.0 Å². The maximum atomic E-state index is 8.81. The molecule has 0 aromatic heterocycles. The van der Waals surface area contributed by atoms with Gasteiger partial charge in [-0.3, -0.25) is 0 Å². The van der Waals surface area contributed by atoms with Crippen LogP contribution in [0.15, 0.2) is 22.7 Å². The van der Waals surface area contributed by atoms with Gasteiger partial charge in [0.15, 0.2) is 0 Å². The molecule has 0 aliphatic rings. The van der Waals surface area contributed by atoms with Crippen molar-refractivity contribution >= 4 is 21.6 Å². The van der Waals surface area contributed by atoms with E-state index in [1.165, 1.54) is 0 Å². The normalized spacial score (nSPS) is 10.2. The molecule has 0 spiro atoms. The number of hydrogen-bond acceptors (Lipinski definition) is 2. The van der Waals surface area contributed by atoms with E-state index in [4.69, 9.17) is 5.26 Å². The van der Waals surface area contributed by atoms with Crippen LogP contribution in [0.1, 0.15) is 32.3 Å². The summed E-state index contributed by atoms with van der Waals surface area (Å²) in [4.78, 5) is 2.27. The molecule has 0 N–H and O–H groups in total. The van der Waals surface area contributed by atoms with E-state index >= 15 is 0 Å². The van der Waals surface area contributed by atoms with E-state index < -0.39 is 0 Å². The first-order valence-electron chi connectivity index (χ1n) is 5.56. The second-order valence-corrected chi connectivity index (χ2v) is 4.71. The second-order valence-electron chi connectivity index (χ2n) is 3.86. The van der Waals surface area contributed by atoms with E-state index in [1.807, 2.05) is 18.2 Å². The van der Waals surface area contributed by atoms with Gasteiger partial charge in [-0.25, -0.2) is 0 Å². The lowest BCUT2D eigenvalue weighted by molar-refractivity contribution is 0.591. The zero-order valence-electron chi connectivity index (χ0n) is 10.00. The van der Waals surface area contributed by atoms with Gasteiger partial charge in [-0.15, -0.1) is 0 Å². The molecule has 0 saturated carbocycles. The Morgan fingerprint density at radius 2 is 2.00 bits per heavy atom. The van der Waals surface area contributed by atoms with E-state index in [0.29, 0.717) is 11.6 Å².